The van der Waals surface area contributed by atoms with Crippen molar-refractivity contribution >= 4 is 11.6 Å². The molecule has 0 aromatic heterocycles. The molecule has 16 heavy (non-hydrogen) atoms. The van der Waals surface area contributed by atoms with E-state index >= 15 is 0 Å². The first-order valence-electron chi connectivity index (χ1n) is 5.54. The predicted octanol–water partition coefficient (Wildman–Crippen LogP) is 2.65. The normalized spacial score (nSPS) is 17.2. The number of nitrogens with one attached hydrogen (secondary N) is 1. The molecule has 0 spiro atoms. The third-order valence-corrected chi connectivity index (χ3v) is 3.27. The van der Waals surface area contributed by atoms with Gasteiger partial charge in [0.1, 0.15) is 5.75 Å². The van der Waals surface area contributed by atoms with Crippen molar-refractivity contribution in [2.45, 2.75) is 25.3 Å². The predicted molar refractivity (Wildman–Crippen MR) is 65.4 cm³/mol. The summed E-state index contributed by atoms with van der Waals surface area (Å²) < 4.78 is 5.33. The molecule has 1 fully saturated rings. The Balaban J connectivity index is 2.23. The zero-order chi connectivity index (χ0) is 11.5. The highest BCUT2D eigenvalue weighted by Crippen LogP contribution is 2.39. The smallest absolute Gasteiger partial charge is 0.123 e. The maximum Gasteiger partial charge on any atom is 0.123 e. The average molecular weight is 241 g/mol. The summed E-state index contributed by atoms with van der Waals surface area (Å²) in [6.07, 6.45) is 3.66. The average Bonchev–Trinajstić information content (AvgIpc) is 3.09. The quantitative estimate of drug-likeness (QED) is 0.615. The van der Waals surface area contributed by atoms with E-state index in [1.165, 1.54) is 12.8 Å². The molecule has 0 heterocycles. The summed E-state index contributed by atoms with van der Waals surface area (Å²) in [5, 5.41) is 0.715. The van der Waals surface area contributed by atoms with Crippen molar-refractivity contribution in [2.75, 3.05) is 7.11 Å². The first kappa shape index (κ1) is 11.7. The van der Waals surface area contributed by atoms with E-state index in [9.17, 15) is 0 Å². The fourth-order valence-electron chi connectivity index (χ4n) is 1.95. The molecule has 3 N–H and O–H groups in total. The van der Waals surface area contributed by atoms with Gasteiger partial charge in [-0.2, -0.15) is 0 Å². The highest BCUT2D eigenvalue weighted by molar-refractivity contribution is 6.30. The number of rotatable bonds is 5. The van der Waals surface area contributed by atoms with E-state index in [1.54, 1.807) is 7.11 Å². The Labute approximate surface area is 101 Å². The van der Waals surface area contributed by atoms with Crippen molar-refractivity contribution in [2.24, 2.45) is 11.8 Å². The van der Waals surface area contributed by atoms with Gasteiger partial charge in [0.2, 0.25) is 0 Å². The van der Waals surface area contributed by atoms with Crippen molar-refractivity contribution in [1.82, 2.24) is 5.43 Å². The van der Waals surface area contributed by atoms with Gasteiger partial charge in [0.05, 0.1) is 7.11 Å². The van der Waals surface area contributed by atoms with Crippen LogP contribution in [-0.4, -0.2) is 7.11 Å². The standard InChI is InChI=1S/C12H17ClN2O/c1-16-12-5-4-9(13)7-10(12)11(15-14)6-8-2-3-8/h4-5,7-8,11,15H,2-3,6,14H2,1H3. The Morgan fingerprint density at radius 2 is 2.31 bits per heavy atom. The van der Waals surface area contributed by atoms with E-state index in [4.69, 9.17) is 22.2 Å². The minimum absolute atomic E-state index is 0.126. The minimum atomic E-state index is 0.126. The summed E-state index contributed by atoms with van der Waals surface area (Å²) in [6, 6.07) is 5.76. The Morgan fingerprint density at radius 3 is 2.88 bits per heavy atom. The van der Waals surface area contributed by atoms with Crippen LogP contribution in [0.2, 0.25) is 5.02 Å². The van der Waals surface area contributed by atoms with E-state index in [0.717, 1.165) is 23.7 Å². The van der Waals surface area contributed by atoms with Crippen LogP contribution in [0, 0.1) is 5.92 Å². The molecule has 1 aliphatic rings. The maximum atomic E-state index is 6.00. The third-order valence-electron chi connectivity index (χ3n) is 3.03. The monoisotopic (exact) mass is 240 g/mol. The van der Waals surface area contributed by atoms with Crippen LogP contribution in [0.3, 0.4) is 0 Å². The number of ether oxygens (including phenoxy) is 1. The molecule has 1 aromatic rings. The molecule has 0 radical (unpaired) electrons. The molecule has 1 saturated carbocycles. The summed E-state index contributed by atoms with van der Waals surface area (Å²) in [5.41, 5.74) is 3.90. The van der Waals surface area contributed by atoms with Crippen LogP contribution in [-0.2, 0) is 0 Å². The van der Waals surface area contributed by atoms with Crippen LogP contribution in [0.4, 0.5) is 0 Å². The van der Waals surface area contributed by atoms with Crippen LogP contribution in [0.25, 0.3) is 0 Å². The van der Waals surface area contributed by atoms with Gasteiger partial charge in [0.15, 0.2) is 0 Å². The highest BCUT2D eigenvalue weighted by atomic mass is 35.5. The van der Waals surface area contributed by atoms with Gasteiger partial charge >= 0.3 is 0 Å². The molecule has 2 rings (SSSR count). The first-order chi connectivity index (χ1) is 7.74. The van der Waals surface area contributed by atoms with Crippen LogP contribution in [0.1, 0.15) is 30.9 Å². The second kappa shape index (κ2) is 5.04. The second-order valence-electron chi connectivity index (χ2n) is 4.28. The van der Waals surface area contributed by atoms with Crippen LogP contribution in [0.15, 0.2) is 18.2 Å². The first-order valence-corrected chi connectivity index (χ1v) is 5.92. The molecule has 0 aliphatic heterocycles. The molecule has 1 aliphatic carbocycles. The number of nitrogens with two attached hydrogens (primary N) is 1. The lowest BCUT2D eigenvalue weighted by atomic mass is 10.0. The Kier molecular flexibility index (Phi) is 3.69. The largest absolute Gasteiger partial charge is 0.496 e. The Hall–Kier alpha value is -0.770. The van der Waals surface area contributed by atoms with Crippen molar-refractivity contribution in [3.05, 3.63) is 28.8 Å². The summed E-state index contributed by atoms with van der Waals surface area (Å²) >= 11 is 6.00. The zero-order valence-electron chi connectivity index (χ0n) is 9.37. The van der Waals surface area contributed by atoms with Gasteiger partial charge in [0.25, 0.3) is 0 Å². The lowest BCUT2D eigenvalue weighted by molar-refractivity contribution is 0.392. The topological polar surface area (TPSA) is 47.3 Å². The molecule has 0 bridgehead atoms. The van der Waals surface area contributed by atoms with Gasteiger partial charge in [0, 0.05) is 16.6 Å². The van der Waals surface area contributed by atoms with Gasteiger partial charge in [-0.25, -0.2) is 0 Å². The van der Waals surface area contributed by atoms with Crippen molar-refractivity contribution in [3.63, 3.8) is 0 Å². The Morgan fingerprint density at radius 1 is 1.56 bits per heavy atom. The SMILES string of the molecule is COc1ccc(Cl)cc1C(CC1CC1)NN. The maximum absolute atomic E-state index is 6.00. The number of halogens is 1. The zero-order valence-corrected chi connectivity index (χ0v) is 10.1. The van der Waals surface area contributed by atoms with Crippen molar-refractivity contribution < 1.29 is 4.74 Å². The van der Waals surface area contributed by atoms with E-state index in [1.807, 2.05) is 18.2 Å². The summed E-state index contributed by atoms with van der Waals surface area (Å²) in [5.74, 6) is 7.24. The van der Waals surface area contributed by atoms with E-state index in [2.05, 4.69) is 5.43 Å². The Bertz CT molecular complexity index is 366. The van der Waals surface area contributed by atoms with Crippen LogP contribution >= 0.6 is 11.6 Å². The summed E-state index contributed by atoms with van der Waals surface area (Å²) in [4.78, 5) is 0. The number of benzene rings is 1. The van der Waals surface area contributed by atoms with E-state index < -0.39 is 0 Å². The lowest BCUT2D eigenvalue weighted by Gasteiger charge is -2.19. The third kappa shape index (κ3) is 2.67. The molecule has 1 aromatic carbocycles. The lowest BCUT2D eigenvalue weighted by Crippen LogP contribution is -2.28. The molecule has 0 amide bonds. The van der Waals surface area contributed by atoms with Gasteiger partial charge in [-0.3, -0.25) is 11.3 Å². The van der Waals surface area contributed by atoms with Gasteiger partial charge in [-0.1, -0.05) is 24.4 Å². The second-order valence-corrected chi connectivity index (χ2v) is 4.72. The van der Waals surface area contributed by atoms with Gasteiger partial charge in [-0.05, 0) is 30.5 Å². The molecular formula is C12H17ClN2O. The van der Waals surface area contributed by atoms with Gasteiger partial charge < -0.3 is 4.74 Å². The van der Waals surface area contributed by atoms with E-state index in [-0.39, 0.29) is 6.04 Å². The molecule has 1 atom stereocenters. The minimum Gasteiger partial charge on any atom is -0.496 e. The van der Waals surface area contributed by atoms with Crippen molar-refractivity contribution in [3.8, 4) is 5.75 Å². The molecular weight excluding hydrogens is 224 g/mol. The molecule has 3 nitrogen and oxygen atoms in total. The number of hydrogen-bond donors (Lipinski definition) is 2. The van der Waals surface area contributed by atoms with Crippen molar-refractivity contribution in [1.29, 1.82) is 0 Å². The molecule has 0 saturated heterocycles. The van der Waals surface area contributed by atoms with E-state index in [0.29, 0.717) is 5.02 Å². The number of methoxy groups -OCH3 is 1. The summed E-state index contributed by atoms with van der Waals surface area (Å²) in [7, 11) is 1.66. The fourth-order valence-corrected chi connectivity index (χ4v) is 2.13. The number of hydrogen-bond acceptors (Lipinski definition) is 3. The van der Waals surface area contributed by atoms with Crippen LogP contribution in [0.5, 0.6) is 5.75 Å². The van der Waals surface area contributed by atoms with Gasteiger partial charge in [-0.15, -0.1) is 0 Å². The molecule has 1 unspecified atom stereocenters. The molecule has 4 heteroatoms. The number of hydrazine groups is 1. The molecule has 88 valence electrons. The summed E-state index contributed by atoms with van der Waals surface area (Å²) in [6.45, 7) is 0. The van der Waals surface area contributed by atoms with Crippen LogP contribution < -0.4 is 16.0 Å². The highest BCUT2D eigenvalue weighted by Gasteiger charge is 2.27. The fraction of sp³-hybridized carbons (Fsp3) is 0.500.